The lowest BCUT2D eigenvalue weighted by atomic mass is 9.28. The lowest BCUT2D eigenvalue weighted by Gasteiger charge is -2.73. The summed E-state index contributed by atoms with van der Waals surface area (Å²) in [5, 5.41) is 11.5. The molecule has 3 saturated carbocycles. The number of hydrogen-bond donors (Lipinski definition) is 1. The van der Waals surface area contributed by atoms with Crippen LogP contribution in [0, 0.1) is 28.1 Å². The summed E-state index contributed by atoms with van der Waals surface area (Å²) in [7, 11) is 0. The van der Waals surface area contributed by atoms with Crippen molar-refractivity contribution in [2.45, 2.75) is 58.2 Å². The highest BCUT2D eigenvalue weighted by atomic mass is 16.6. The number of ether oxygens (including phenoxy) is 1. The summed E-state index contributed by atoms with van der Waals surface area (Å²) in [5.74, 6) is -0.319. The zero-order chi connectivity index (χ0) is 17.8. The van der Waals surface area contributed by atoms with Gasteiger partial charge in [-0.1, -0.05) is 27.2 Å². The zero-order valence-electron chi connectivity index (χ0n) is 14.9. The summed E-state index contributed by atoms with van der Waals surface area (Å²) in [4.78, 5) is 25.9. The van der Waals surface area contributed by atoms with Gasteiger partial charge in [-0.25, -0.2) is 0 Å². The van der Waals surface area contributed by atoms with Crippen LogP contribution in [-0.2, 0) is 19.9 Å². The number of Topliss-reactive ketones (excluding diaryl/α,β-unsaturated/α-hetero) is 1. The molecule has 1 aliphatic heterocycles. The summed E-state index contributed by atoms with van der Waals surface area (Å²) in [5.41, 5.74) is -2.70. The maximum atomic E-state index is 13.4. The molecule has 1 saturated heterocycles. The summed E-state index contributed by atoms with van der Waals surface area (Å²) < 4.78 is 11.0. The van der Waals surface area contributed by atoms with Crippen LogP contribution in [0.15, 0.2) is 23.0 Å². The molecular formula is C20H24O5. The number of esters is 1. The summed E-state index contributed by atoms with van der Waals surface area (Å²) in [6.07, 6.45) is 5.89. The number of rotatable bonds is 1. The predicted octanol–water partition coefficient (Wildman–Crippen LogP) is 2.81. The van der Waals surface area contributed by atoms with Gasteiger partial charge in [0.2, 0.25) is 0 Å². The van der Waals surface area contributed by atoms with E-state index in [1.165, 1.54) is 12.5 Å². The molecule has 0 amide bonds. The van der Waals surface area contributed by atoms with Gasteiger partial charge >= 0.3 is 5.97 Å². The summed E-state index contributed by atoms with van der Waals surface area (Å²) in [6.45, 7) is 6.11. The second kappa shape index (κ2) is 4.20. The van der Waals surface area contributed by atoms with Gasteiger partial charge in [0.15, 0.2) is 11.4 Å². The van der Waals surface area contributed by atoms with Crippen molar-refractivity contribution >= 4 is 11.8 Å². The second-order valence-corrected chi connectivity index (χ2v) is 9.12. The molecule has 1 aromatic rings. The van der Waals surface area contributed by atoms with E-state index in [0.717, 1.165) is 19.3 Å². The van der Waals surface area contributed by atoms with Crippen molar-refractivity contribution in [2.75, 3.05) is 0 Å². The third-order valence-electron chi connectivity index (χ3n) is 8.70. The van der Waals surface area contributed by atoms with Gasteiger partial charge < -0.3 is 14.3 Å². The number of ketones is 1. The van der Waals surface area contributed by atoms with E-state index >= 15 is 0 Å². The van der Waals surface area contributed by atoms with Gasteiger partial charge in [0.25, 0.3) is 0 Å². The first-order valence-electron chi connectivity index (χ1n) is 9.23. The Kier molecular flexibility index (Phi) is 2.62. The topological polar surface area (TPSA) is 76.7 Å². The Morgan fingerprint density at radius 1 is 1.20 bits per heavy atom. The Morgan fingerprint density at radius 3 is 2.64 bits per heavy atom. The number of aliphatic hydroxyl groups is 1. The van der Waals surface area contributed by atoms with Crippen molar-refractivity contribution in [2.24, 2.45) is 28.1 Å². The van der Waals surface area contributed by atoms with Gasteiger partial charge in [0.05, 0.1) is 18.4 Å². The largest absolute Gasteiger partial charge is 0.472 e. The van der Waals surface area contributed by atoms with Gasteiger partial charge in [0, 0.05) is 21.8 Å². The van der Waals surface area contributed by atoms with E-state index in [0.29, 0.717) is 12.0 Å². The lowest BCUT2D eigenvalue weighted by Crippen LogP contribution is -2.81. The van der Waals surface area contributed by atoms with Crippen molar-refractivity contribution in [3.63, 3.8) is 0 Å². The molecule has 1 N–H and O–H groups in total. The van der Waals surface area contributed by atoms with Crippen LogP contribution in [0.25, 0.3) is 0 Å². The second-order valence-electron chi connectivity index (χ2n) is 9.12. The third-order valence-corrected chi connectivity index (χ3v) is 8.70. The van der Waals surface area contributed by atoms with Gasteiger partial charge in [-0.15, -0.1) is 0 Å². The fraction of sp³-hybridized carbons (Fsp3) is 0.700. The first kappa shape index (κ1) is 15.6. The molecular weight excluding hydrogens is 320 g/mol. The normalized spacial score (nSPS) is 53.7. The van der Waals surface area contributed by atoms with Crippen LogP contribution in [0.1, 0.15) is 52.0 Å². The van der Waals surface area contributed by atoms with Crippen LogP contribution in [0.3, 0.4) is 0 Å². The van der Waals surface area contributed by atoms with Crippen LogP contribution in [0.5, 0.6) is 0 Å². The number of furan rings is 1. The monoisotopic (exact) mass is 344 g/mol. The molecule has 3 aliphatic carbocycles. The highest BCUT2D eigenvalue weighted by Crippen LogP contribution is 2.78. The Labute approximate surface area is 146 Å². The van der Waals surface area contributed by atoms with E-state index in [-0.39, 0.29) is 35.1 Å². The number of fused-ring (bicyclic) bond motifs is 2. The fourth-order valence-electron chi connectivity index (χ4n) is 7.12. The quantitative estimate of drug-likeness (QED) is 0.793. The standard InChI is InChI=1S/C20H24O5/c1-17-9-14-18(2)12(15(21)25-14)5-4-6-13(18)19(17,3)16(22)20(17,23)11-7-8-24-10-11/h7-8,10,12-14,23H,4-6,9H2,1-3H3/t12-,13-,14-,17-,18-,19-,20?/m0/s1. The average molecular weight is 344 g/mol. The molecule has 5 rings (SSSR count). The SMILES string of the molecule is C[C@@]12[C@@H]3C[C@]4(C)C(O)(c5ccoc5)C(=O)[C@]4(C)[C@H]1CCC[C@H]2C(=O)O3. The zero-order valence-corrected chi connectivity index (χ0v) is 14.9. The van der Waals surface area contributed by atoms with Gasteiger partial charge in [-0.2, -0.15) is 0 Å². The Morgan fingerprint density at radius 2 is 1.96 bits per heavy atom. The molecule has 1 unspecified atom stereocenters. The van der Waals surface area contributed by atoms with Crippen molar-refractivity contribution in [3.05, 3.63) is 24.2 Å². The van der Waals surface area contributed by atoms with Crippen LogP contribution in [0.4, 0.5) is 0 Å². The summed E-state index contributed by atoms with van der Waals surface area (Å²) in [6, 6.07) is 1.67. The maximum Gasteiger partial charge on any atom is 0.309 e. The Bertz CT molecular complexity index is 784. The van der Waals surface area contributed by atoms with Crippen LogP contribution in [0.2, 0.25) is 0 Å². The van der Waals surface area contributed by atoms with E-state index in [9.17, 15) is 14.7 Å². The van der Waals surface area contributed by atoms with Crippen molar-refractivity contribution < 1.29 is 23.8 Å². The molecule has 0 spiro atoms. The number of hydrogen-bond acceptors (Lipinski definition) is 5. The van der Waals surface area contributed by atoms with E-state index in [1.54, 1.807) is 6.07 Å². The summed E-state index contributed by atoms with van der Waals surface area (Å²) >= 11 is 0. The molecule has 0 aromatic carbocycles. The van der Waals surface area contributed by atoms with E-state index < -0.39 is 16.4 Å². The number of carbonyl (C=O) groups is 2. The molecule has 2 heterocycles. The van der Waals surface area contributed by atoms with Gasteiger partial charge in [-0.05, 0) is 31.2 Å². The Balaban J connectivity index is 1.69. The Hall–Kier alpha value is -1.62. The molecule has 7 atom stereocenters. The molecule has 5 heteroatoms. The van der Waals surface area contributed by atoms with Crippen molar-refractivity contribution in [3.8, 4) is 0 Å². The minimum Gasteiger partial charge on any atom is -0.472 e. The molecule has 0 radical (unpaired) electrons. The van der Waals surface area contributed by atoms with Gasteiger partial charge in [0.1, 0.15) is 6.10 Å². The van der Waals surface area contributed by atoms with Crippen molar-refractivity contribution in [1.82, 2.24) is 0 Å². The minimum atomic E-state index is -1.57. The highest BCUT2D eigenvalue weighted by molar-refractivity contribution is 6.02. The molecule has 4 aliphatic rings. The van der Waals surface area contributed by atoms with Crippen LogP contribution < -0.4 is 0 Å². The lowest BCUT2D eigenvalue weighted by molar-refractivity contribution is -0.290. The molecule has 1 aromatic heterocycles. The maximum absolute atomic E-state index is 13.4. The van der Waals surface area contributed by atoms with Crippen LogP contribution in [-0.4, -0.2) is 23.0 Å². The van der Waals surface area contributed by atoms with Crippen LogP contribution >= 0.6 is 0 Å². The van der Waals surface area contributed by atoms with E-state index in [4.69, 9.17) is 9.15 Å². The van der Waals surface area contributed by atoms with E-state index in [1.807, 2.05) is 13.8 Å². The first-order valence-corrected chi connectivity index (χ1v) is 9.23. The van der Waals surface area contributed by atoms with Gasteiger partial charge in [-0.3, -0.25) is 9.59 Å². The molecule has 134 valence electrons. The minimum absolute atomic E-state index is 0.0497. The first-order chi connectivity index (χ1) is 11.7. The molecule has 4 fully saturated rings. The predicted molar refractivity (Wildman–Crippen MR) is 87.3 cm³/mol. The van der Waals surface area contributed by atoms with E-state index in [2.05, 4.69) is 6.92 Å². The highest BCUT2D eigenvalue weighted by Gasteiger charge is 2.85. The molecule has 25 heavy (non-hydrogen) atoms. The molecule has 0 bridgehead atoms. The third kappa shape index (κ3) is 1.31. The smallest absolute Gasteiger partial charge is 0.309 e. The average Bonchev–Trinajstić information content (AvgIpc) is 3.19. The number of carbonyl (C=O) groups excluding carboxylic acids is 2. The molecule has 5 nitrogen and oxygen atoms in total. The fourth-order valence-corrected chi connectivity index (χ4v) is 7.12. The van der Waals surface area contributed by atoms with Crippen molar-refractivity contribution in [1.29, 1.82) is 0 Å².